The summed E-state index contributed by atoms with van der Waals surface area (Å²) >= 11 is 0. The Morgan fingerprint density at radius 1 is 1.12 bits per heavy atom. The largest absolute Gasteiger partial charge is 0.447 e. The zero-order chi connectivity index (χ0) is 18.7. The topological polar surface area (TPSA) is 66.7 Å². The zero-order valence-electron chi connectivity index (χ0n) is 15.6. The van der Waals surface area contributed by atoms with Crippen LogP contribution in [-0.2, 0) is 11.2 Å². The Hall–Kier alpha value is -2.63. The molecule has 0 aliphatic carbocycles. The number of rotatable bonds is 4. The number of carbonyl (C=O) groups is 2. The Morgan fingerprint density at radius 3 is 2.42 bits per heavy atom. The molecule has 2 amide bonds. The molecule has 0 N–H and O–H groups in total. The molecular weight excluding hydrogens is 330 g/mol. The van der Waals surface area contributed by atoms with Crippen LogP contribution in [0.5, 0.6) is 0 Å². The predicted molar refractivity (Wildman–Crippen MR) is 98.0 cm³/mol. The van der Waals surface area contributed by atoms with Crippen LogP contribution >= 0.6 is 0 Å². The molecule has 138 valence electrons. The highest BCUT2D eigenvalue weighted by molar-refractivity contribution is 5.93. The Kier molecular flexibility index (Phi) is 5.40. The number of carbonyl (C=O) groups excluding carboxylic acids is 2. The molecule has 0 saturated carbocycles. The summed E-state index contributed by atoms with van der Waals surface area (Å²) in [5.74, 6) is 0.714. The molecule has 1 aromatic carbocycles. The Bertz CT molecular complexity index is 789. The van der Waals surface area contributed by atoms with Crippen molar-refractivity contribution in [3.63, 3.8) is 0 Å². The van der Waals surface area contributed by atoms with Crippen LogP contribution in [-0.4, -0.2) is 52.8 Å². The summed E-state index contributed by atoms with van der Waals surface area (Å²) in [5.41, 5.74) is 2.57. The fourth-order valence-electron chi connectivity index (χ4n) is 3.22. The van der Waals surface area contributed by atoms with Gasteiger partial charge in [-0.1, -0.05) is 38.1 Å². The monoisotopic (exact) mass is 355 g/mol. The molecule has 3 rings (SSSR count). The fraction of sp³-hybridized carbons (Fsp3) is 0.450. The Balaban J connectivity index is 1.58. The van der Waals surface area contributed by atoms with E-state index in [4.69, 9.17) is 4.42 Å². The molecule has 2 heterocycles. The van der Waals surface area contributed by atoms with Gasteiger partial charge in [-0.2, -0.15) is 0 Å². The minimum absolute atomic E-state index is 0.105. The van der Waals surface area contributed by atoms with Gasteiger partial charge < -0.3 is 14.2 Å². The number of benzene rings is 1. The minimum Gasteiger partial charge on any atom is -0.447 e. The highest BCUT2D eigenvalue weighted by Gasteiger charge is 2.28. The second kappa shape index (κ2) is 7.72. The van der Waals surface area contributed by atoms with Crippen molar-refractivity contribution in [3.05, 3.63) is 53.2 Å². The van der Waals surface area contributed by atoms with Crippen molar-refractivity contribution in [2.75, 3.05) is 26.2 Å². The van der Waals surface area contributed by atoms with E-state index in [0.717, 1.165) is 11.1 Å². The maximum absolute atomic E-state index is 12.7. The number of hydrogen-bond acceptors (Lipinski definition) is 4. The first-order valence-corrected chi connectivity index (χ1v) is 9.02. The van der Waals surface area contributed by atoms with Crippen LogP contribution in [0.25, 0.3) is 0 Å². The molecule has 6 nitrogen and oxygen atoms in total. The number of oxazole rings is 1. The van der Waals surface area contributed by atoms with Gasteiger partial charge in [0.2, 0.25) is 5.91 Å². The molecular formula is C20H25N3O3. The molecule has 1 aliphatic heterocycles. The van der Waals surface area contributed by atoms with Gasteiger partial charge in [0.15, 0.2) is 12.1 Å². The first-order chi connectivity index (χ1) is 12.5. The Labute approximate surface area is 153 Å². The molecule has 0 spiro atoms. The smallest absolute Gasteiger partial charge is 0.276 e. The van der Waals surface area contributed by atoms with Crippen LogP contribution < -0.4 is 0 Å². The van der Waals surface area contributed by atoms with E-state index >= 15 is 0 Å². The predicted octanol–water partition coefficient (Wildman–Crippen LogP) is 2.63. The summed E-state index contributed by atoms with van der Waals surface area (Å²) in [6.07, 6.45) is 1.73. The van der Waals surface area contributed by atoms with Gasteiger partial charge in [0.1, 0.15) is 5.76 Å². The maximum Gasteiger partial charge on any atom is 0.276 e. The van der Waals surface area contributed by atoms with E-state index in [1.807, 2.05) is 49.9 Å². The minimum atomic E-state index is -0.117. The van der Waals surface area contributed by atoms with Crippen molar-refractivity contribution in [1.29, 1.82) is 0 Å². The van der Waals surface area contributed by atoms with Gasteiger partial charge in [-0.05, 0) is 18.1 Å². The maximum atomic E-state index is 12.7. The molecule has 1 aromatic heterocycles. The number of hydrogen-bond donors (Lipinski definition) is 0. The average molecular weight is 355 g/mol. The molecule has 0 radical (unpaired) electrons. The van der Waals surface area contributed by atoms with Crippen LogP contribution in [0.4, 0.5) is 0 Å². The SMILES string of the molecule is Cc1ccccc1CC(=O)N1CCN(C(=O)c2ncoc2C(C)C)CC1. The molecule has 0 atom stereocenters. The van der Waals surface area contributed by atoms with Gasteiger partial charge in [0, 0.05) is 32.1 Å². The van der Waals surface area contributed by atoms with Crippen LogP contribution in [0.3, 0.4) is 0 Å². The van der Waals surface area contributed by atoms with Gasteiger partial charge >= 0.3 is 0 Å². The van der Waals surface area contributed by atoms with Crippen molar-refractivity contribution in [3.8, 4) is 0 Å². The van der Waals surface area contributed by atoms with E-state index in [0.29, 0.717) is 44.1 Å². The highest BCUT2D eigenvalue weighted by Crippen LogP contribution is 2.20. The van der Waals surface area contributed by atoms with Crippen LogP contribution in [0.1, 0.15) is 47.1 Å². The first-order valence-electron chi connectivity index (χ1n) is 9.02. The lowest BCUT2D eigenvalue weighted by atomic mass is 10.1. The molecule has 6 heteroatoms. The third-order valence-corrected chi connectivity index (χ3v) is 4.84. The third kappa shape index (κ3) is 3.79. The molecule has 26 heavy (non-hydrogen) atoms. The highest BCUT2D eigenvalue weighted by atomic mass is 16.3. The number of piperazine rings is 1. The molecule has 1 fully saturated rings. The number of amides is 2. The number of aryl methyl sites for hydroxylation is 1. The van der Waals surface area contributed by atoms with Gasteiger partial charge in [-0.3, -0.25) is 9.59 Å². The molecule has 2 aromatic rings. The molecule has 0 unspecified atom stereocenters. The standard InChI is InChI=1S/C20H25N3O3/c1-14(2)19-18(21-13-26-19)20(25)23-10-8-22(9-11-23)17(24)12-16-7-5-4-6-15(16)3/h4-7,13-14H,8-12H2,1-3H3. The third-order valence-electron chi connectivity index (χ3n) is 4.84. The fourth-order valence-corrected chi connectivity index (χ4v) is 3.22. The summed E-state index contributed by atoms with van der Waals surface area (Å²) in [5, 5.41) is 0. The van der Waals surface area contributed by atoms with E-state index in [-0.39, 0.29) is 17.7 Å². The van der Waals surface area contributed by atoms with Crippen LogP contribution in [0, 0.1) is 6.92 Å². The van der Waals surface area contributed by atoms with Gasteiger partial charge in [0.25, 0.3) is 5.91 Å². The summed E-state index contributed by atoms with van der Waals surface area (Å²) < 4.78 is 5.35. The second-order valence-electron chi connectivity index (χ2n) is 7.00. The van der Waals surface area contributed by atoms with Crippen molar-refractivity contribution in [1.82, 2.24) is 14.8 Å². The lowest BCUT2D eigenvalue weighted by Crippen LogP contribution is -2.51. The summed E-state index contributed by atoms with van der Waals surface area (Å²) in [7, 11) is 0. The summed E-state index contributed by atoms with van der Waals surface area (Å²) in [6, 6.07) is 7.94. The number of aromatic nitrogens is 1. The summed E-state index contributed by atoms with van der Waals surface area (Å²) in [6.45, 7) is 8.09. The van der Waals surface area contributed by atoms with E-state index in [1.54, 1.807) is 4.90 Å². The van der Waals surface area contributed by atoms with E-state index < -0.39 is 0 Å². The lowest BCUT2D eigenvalue weighted by Gasteiger charge is -2.34. The van der Waals surface area contributed by atoms with Crippen molar-refractivity contribution >= 4 is 11.8 Å². The molecule has 1 saturated heterocycles. The van der Waals surface area contributed by atoms with Crippen molar-refractivity contribution < 1.29 is 14.0 Å². The van der Waals surface area contributed by atoms with Gasteiger partial charge in [-0.15, -0.1) is 0 Å². The van der Waals surface area contributed by atoms with Gasteiger partial charge in [-0.25, -0.2) is 4.98 Å². The van der Waals surface area contributed by atoms with Crippen molar-refractivity contribution in [2.24, 2.45) is 0 Å². The van der Waals surface area contributed by atoms with E-state index in [9.17, 15) is 9.59 Å². The second-order valence-corrected chi connectivity index (χ2v) is 7.00. The average Bonchev–Trinajstić information content (AvgIpc) is 3.13. The zero-order valence-corrected chi connectivity index (χ0v) is 15.6. The van der Waals surface area contributed by atoms with Crippen molar-refractivity contribution in [2.45, 2.75) is 33.1 Å². The van der Waals surface area contributed by atoms with E-state index in [2.05, 4.69) is 4.98 Å². The number of nitrogens with zero attached hydrogens (tertiary/aromatic N) is 3. The van der Waals surface area contributed by atoms with Gasteiger partial charge in [0.05, 0.1) is 6.42 Å². The molecule has 1 aliphatic rings. The van der Waals surface area contributed by atoms with Crippen LogP contribution in [0.15, 0.2) is 35.1 Å². The first kappa shape index (κ1) is 18.2. The Morgan fingerprint density at radius 2 is 1.77 bits per heavy atom. The quantitative estimate of drug-likeness (QED) is 0.846. The lowest BCUT2D eigenvalue weighted by molar-refractivity contribution is -0.131. The normalized spacial score (nSPS) is 14.8. The molecule has 0 bridgehead atoms. The van der Waals surface area contributed by atoms with Crippen LogP contribution in [0.2, 0.25) is 0 Å². The van der Waals surface area contributed by atoms with E-state index in [1.165, 1.54) is 6.39 Å². The summed E-state index contributed by atoms with van der Waals surface area (Å²) in [4.78, 5) is 32.9.